The molecule has 2 fully saturated rings. The van der Waals surface area contributed by atoms with Gasteiger partial charge in [0, 0.05) is 51.4 Å². The Morgan fingerprint density at radius 3 is 2.67 bits per heavy atom. The Balaban J connectivity index is 1.39. The molecule has 0 radical (unpaired) electrons. The summed E-state index contributed by atoms with van der Waals surface area (Å²) in [6.45, 7) is 7.89. The number of hydrogen-bond donors (Lipinski definition) is 0. The van der Waals surface area contributed by atoms with Crippen molar-refractivity contribution in [3.05, 3.63) is 30.1 Å². The minimum absolute atomic E-state index is 0.199. The number of amides is 2. The topological polar surface area (TPSA) is 36.0 Å². The predicted molar refractivity (Wildman–Crippen MR) is 90.7 cm³/mol. The van der Waals surface area contributed by atoms with E-state index in [1.165, 1.54) is 12.1 Å². The van der Waals surface area contributed by atoms with Gasteiger partial charge in [-0.2, -0.15) is 0 Å². The van der Waals surface area contributed by atoms with Crippen LogP contribution in [0.15, 0.2) is 24.3 Å². The first-order valence-corrected chi connectivity index (χ1v) is 8.83. The average molecular weight is 335 g/mol. The van der Waals surface area contributed by atoms with Crippen LogP contribution in [0.25, 0.3) is 0 Å². The first-order chi connectivity index (χ1) is 11.7. The highest BCUT2D eigenvalue weighted by molar-refractivity contribution is 5.76. The fourth-order valence-electron chi connectivity index (χ4n) is 3.54. The molecule has 0 saturated carbocycles. The lowest BCUT2D eigenvalue weighted by atomic mass is 10.0. The highest BCUT2D eigenvalue weighted by Gasteiger charge is 2.34. The number of benzene rings is 1. The zero-order valence-electron chi connectivity index (χ0n) is 14.3. The molecule has 5 nitrogen and oxygen atoms in total. The number of carbonyl (C=O) groups excluding carboxylic acids is 1. The van der Waals surface area contributed by atoms with Crippen molar-refractivity contribution in [2.24, 2.45) is 0 Å². The van der Waals surface area contributed by atoms with E-state index in [-0.39, 0.29) is 11.8 Å². The molecule has 0 bridgehead atoms. The molecule has 0 unspecified atom stereocenters. The Morgan fingerprint density at radius 1 is 1.21 bits per heavy atom. The van der Waals surface area contributed by atoms with E-state index >= 15 is 0 Å². The molecular formula is C18H26FN3O2. The first-order valence-electron chi connectivity index (χ1n) is 8.83. The number of halogens is 1. The second-order valence-corrected chi connectivity index (χ2v) is 6.43. The summed E-state index contributed by atoms with van der Waals surface area (Å²) >= 11 is 0. The lowest BCUT2D eigenvalue weighted by molar-refractivity contribution is 0.119. The van der Waals surface area contributed by atoms with E-state index in [2.05, 4.69) is 4.90 Å². The number of likely N-dealkylation sites (N-methyl/N-ethyl adjacent to an activating group) is 1. The summed E-state index contributed by atoms with van der Waals surface area (Å²) in [6.07, 6.45) is 2.03. The summed E-state index contributed by atoms with van der Waals surface area (Å²) in [5.74, 6) is 0.303. The van der Waals surface area contributed by atoms with Crippen molar-refractivity contribution >= 4 is 6.03 Å². The highest BCUT2D eigenvalue weighted by atomic mass is 19.1. The Morgan fingerprint density at radius 2 is 2.00 bits per heavy atom. The van der Waals surface area contributed by atoms with Crippen LogP contribution in [0, 0.1) is 5.82 Å². The molecule has 132 valence electrons. The second kappa shape index (κ2) is 7.83. The molecule has 2 aliphatic rings. The van der Waals surface area contributed by atoms with Crippen molar-refractivity contribution in [3.63, 3.8) is 0 Å². The van der Waals surface area contributed by atoms with Crippen LogP contribution in [-0.2, 0) is 0 Å². The number of piperidine rings is 1. The molecule has 2 amide bonds. The summed E-state index contributed by atoms with van der Waals surface area (Å²) in [4.78, 5) is 18.6. The third-order valence-corrected chi connectivity index (χ3v) is 4.98. The van der Waals surface area contributed by atoms with E-state index in [1.54, 1.807) is 12.1 Å². The number of urea groups is 1. The molecule has 1 aromatic rings. The maximum atomic E-state index is 13.1. The fraction of sp³-hybridized carbons (Fsp3) is 0.611. The predicted octanol–water partition coefficient (Wildman–Crippen LogP) is 2.43. The van der Waals surface area contributed by atoms with Crippen LogP contribution in [-0.4, -0.2) is 72.6 Å². The van der Waals surface area contributed by atoms with Gasteiger partial charge in [0.15, 0.2) is 0 Å². The summed E-state index contributed by atoms with van der Waals surface area (Å²) in [7, 11) is 0. The maximum absolute atomic E-state index is 13.1. The maximum Gasteiger partial charge on any atom is 0.320 e. The molecule has 2 aliphatic heterocycles. The van der Waals surface area contributed by atoms with Crippen molar-refractivity contribution in [2.45, 2.75) is 25.8 Å². The molecule has 0 aromatic heterocycles. The average Bonchev–Trinajstić information content (AvgIpc) is 2.96. The normalized spacial score (nSPS) is 20.0. The van der Waals surface area contributed by atoms with E-state index in [9.17, 15) is 9.18 Å². The van der Waals surface area contributed by atoms with Gasteiger partial charge >= 0.3 is 6.03 Å². The van der Waals surface area contributed by atoms with Crippen LogP contribution >= 0.6 is 0 Å². The number of carbonyl (C=O) groups is 1. The van der Waals surface area contributed by atoms with Crippen molar-refractivity contribution in [2.75, 3.05) is 45.9 Å². The van der Waals surface area contributed by atoms with Gasteiger partial charge in [-0.1, -0.05) is 6.07 Å². The molecule has 0 atom stereocenters. The van der Waals surface area contributed by atoms with Crippen molar-refractivity contribution in [1.29, 1.82) is 0 Å². The molecular weight excluding hydrogens is 309 g/mol. The summed E-state index contributed by atoms with van der Waals surface area (Å²) in [5, 5.41) is 0. The quantitative estimate of drug-likeness (QED) is 0.801. The van der Waals surface area contributed by atoms with E-state index in [0.717, 1.165) is 52.1 Å². The standard InChI is InChI=1S/C18H26FN3O2/c1-2-21-10-11-22(18(21)23)16-6-8-20(9-7-16)12-13-24-17-5-3-4-15(19)14-17/h3-5,14,16H,2,6-13H2,1H3. The monoisotopic (exact) mass is 335 g/mol. The van der Waals surface area contributed by atoms with E-state index in [1.807, 2.05) is 16.7 Å². The van der Waals surface area contributed by atoms with Crippen molar-refractivity contribution in [3.8, 4) is 5.75 Å². The fourth-order valence-corrected chi connectivity index (χ4v) is 3.54. The summed E-state index contributed by atoms with van der Waals surface area (Å²) < 4.78 is 18.7. The molecule has 0 spiro atoms. The third-order valence-electron chi connectivity index (χ3n) is 4.98. The first kappa shape index (κ1) is 17.0. The minimum Gasteiger partial charge on any atom is -0.492 e. The number of nitrogens with zero attached hydrogens (tertiary/aromatic N) is 3. The number of likely N-dealkylation sites (tertiary alicyclic amines) is 1. The Labute approximate surface area is 143 Å². The van der Waals surface area contributed by atoms with Crippen molar-refractivity contribution in [1.82, 2.24) is 14.7 Å². The zero-order chi connectivity index (χ0) is 16.9. The zero-order valence-corrected chi connectivity index (χ0v) is 14.3. The Bertz CT molecular complexity index is 561. The molecule has 1 aromatic carbocycles. The summed E-state index contributed by atoms with van der Waals surface area (Å²) in [5.41, 5.74) is 0. The smallest absolute Gasteiger partial charge is 0.320 e. The molecule has 6 heteroatoms. The van der Waals surface area contributed by atoms with Gasteiger partial charge in [-0.3, -0.25) is 4.90 Å². The lowest BCUT2D eigenvalue weighted by Crippen LogP contribution is -2.47. The molecule has 0 N–H and O–H groups in total. The molecule has 2 heterocycles. The number of ether oxygens (including phenoxy) is 1. The summed E-state index contributed by atoms with van der Waals surface area (Å²) in [6, 6.07) is 6.82. The van der Waals surface area contributed by atoms with Gasteiger partial charge in [0.2, 0.25) is 0 Å². The van der Waals surface area contributed by atoms with Crippen LogP contribution in [0.3, 0.4) is 0 Å². The molecule has 3 rings (SSSR count). The largest absolute Gasteiger partial charge is 0.492 e. The SMILES string of the molecule is CCN1CCN(C2CCN(CCOc3cccc(F)c3)CC2)C1=O. The van der Waals surface area contributed by atoms with Gasteiger partial charge in [0.1, 0.15) is 18.2 Å². The second-order valence-electron chi connectivity index (χ2n) is 6.43. The number of rotatable bonds is 6. The molecule has 2 saturated heterocycles. The van der Waals surface area contributed by atoms with E-state index in [4.69, 9.17) is 4.74 Å². The third kappa shape index (κ3) is 3.98. The van der Waals surface area contributed by atoms with Gasteiger partial charge in [-0.15, -0.1) is 0 Å². The van der Waals surface area contributed by atoms with Crippen LogP contribution in [0.2, 0.25) is 0 Å². The van der Waals surface area contributed by atoms with Crippen molar-refractivity contribution < 1.29 is 13.9 Å². The Kier molecular flexibility index (Phi) is 5.56. The minimum atomic E-state index is -0.273. The van der Waals surface area contributed by atoms with E-state index < -0.39 is 0 Å². The molecule has 0 aliphatic carbocycles. The molecule has 24 heavy (non-hydrogen) atoms. The van der Waals surface area contributed by atoms with Gasteiger partial charge < -0.3 is 14.5 Å². The highest BCUT2D eigenvalue weighted by Crippen LogP contribution is 2.21. The van der Waals surface area contributed by atoms with Crippen LogP contribution in [0.5, 0.6) is 5.75 Å². The Hall–Kier alpha value is -1.82. The van der Waals surface area contributed by atoms with Gasteiger partial charge in [0.05, 0.1) is 0 Å². The van der Waals surface area contributed by atoms with Gasteiger partial charge in [-0.25, -0.2) is 9.18 Å². The number of hydrogen-bond acceptors (Lipinski definition) is 3. The van der Waals surface area contributed by atoms with Crippen LogP contribution in [0.4, 0.5) is 9.18 Å². The van der Waals surface area contributed by atoms with E-state index in [0.29, 0.717) is 18.4 Å². The van der Waals surface area contributed by atoms with Crippen LogP contribution < -0.4 is 4.74 Å². The van der Waals surface area contributed by atoms with Gasteiger partial charge in [0.25, 0.3) is 0 Å². The van der Waals surface area contributed by atoms with Gasteiger partial charge in [-0.05, 0) is 31.9 Å². The lowest BCUT2D eigenvalue weighted by Gasteiger charge is -2.36. The van der Waals surface area contributed by atoms with Crippen LogP contribution in [0.1, 0.15) is 19.8 Å².